The van der Waals surface area contributed by atoms with Gasteiger partial charge in [0.25, 0.3) is 5.56 Å². The summed E-state index contributed by atoms with van der Waals surface area (Å²) in [5.74, 6) is -0.0642. The van der Waals surface area contributed by atoms with Gasteiger partial charge in [-0.15, -0.1) is 0 Å². The Balaban J connectivity index is 1.34. The molecule has 1 aromatic heterocycles. The summed E-state index contributed by atoms with van der Waals surface area (Å²) in [5.41, 5.74) is 2.13. The Morgan fingerprint density at radius 1 is 1.06 bits per heavy atom. The maximum absolute atomic E-state index is 12.8. The molecule has 164 valence electrons. The summed E-state index contributed by atoms with van der Waals surface area (Å²) in [7, 11) is 0. The van der Waals surface area contributed by atoms with Crippen molar-refractivity contribution in [2.75, 3.05) is 13.2 Å². The van der Waals surface area contributed by atoms with E-state index in [4.69, 9.17) is 4.74 Å². The molecule has 0 saturated heterocycles. The molecule has 3 aromatic rings. The molecule has 5 nitrogen and oxygen atoms in total. The minimum Gasteiger partial charge on any atom is -0.449 e. The maximum atomic E-state index is 12.8. The second-order valence-corrected chi connectivity index (χ2v) is 7.28. The largest absolute Gasteiger partial charge is 0.449 e. The van der Waals surface area contributed by atoms with E-state index in [-0.39, 0.29) is 24.6 Å². The molecule has 8 heteroatoms. The fourth-order valence-electron chi connectivity index (χ4n) is 3.79. The lowest BCUT2D eigenvalue weighted by Crippen LogP contribution is -2.26. The molecule has 2 N–H and O–H groups in total. The van der Waals surface area contributed by atoms with Crippen molar-refractivity contribution in [3.8, 4) is 11.1 Å². The Morgan fingerprint density at radius 2 is 1.69 bits per heavy atom. The average molecular weight is 440 g/mol. The number of rotatable bonds is 5. The van der Waals surface area contributed by atoms with Crippen LogP contribution in [0.25, 0.3) is 17.2 Å². The third kappa shape index (κ3) is 4.44. The molecule has 1 heterocycles. The molecule has 1 aliphatic carbocycles. The standard InChI is InChI=1S/C24H19F3N2O3/c25-24(26,27)21-12-15(13-29-22(21)30)6-5-11-28-23(31)32-14-20-18-9-3-1-7-16(18)17-8-2-4-10-19(17)20/h1-10,12-13,20H,11,14H2,(H,28,31)(H,29,30). The van der Waals surface area contributed by atoms with Crippen LogP contribution in [0.3, 0.4) is 0 Å². The van der Waals surface area contributed by atoms with Crippen molar-refractivity contribution in [1.29, 1.82) is 0 Å². The number of nitrogens with one attached hydrogen (secondary N) is 2. The van der Waals surface area contributed by atoms with E-state index in [9.17, 15) is 22.8 Å². The molecule has 1 amide bonds. The number of aromatic amines is 1. The zero-order valence-electron chi connectivity index (χ0n) is 16.8. The highest BCUT2D eigenvalue weighted by atomic mass is 19.4. The number of carbonyl (C=O) groups excluding carboxylic acids is 1. The number of fused-ring (bicyclic) bond motifs is 3. The van der Waals surface area contributed by atoms with Crippen molar-refractivity contribution in [3.63, 3.8) is 0 Å². The summed E-state index contributed by atoms with van der Waals surface area (Å²) >= 11 is 0. The van der Waals surface area contributed by atoms with Crippen LogP contribution in [0, 0.1) is 0 Å². The monoisotopic (exact) mass is 440 g/mol. The van der Waals surface area contributed by atoms with Gasteiger partial charge in [-0.05, 0) is 33.9 Å². The van der Waals surface area contributed by atoms with Crippen molar-refractivity contribution in [1.82, 2.24) is 10.3 Å². The fraction of sp³-hybridized carbons (Fsp3) is 0.167. The predicted octanol–water partition coefficient (Wildman–Crippen LogP) is 4.95. The highest BCUT2D eigenvalue weighted by Gasteiger charge is 2.34. The van der Waals surface area contributed by atoms with E-state index >= 15 is 0 Å². The van der Waals surface area contributed by atoms with Crippen molar-refractivity contribution in [2.45, 2.75) is 12.1 Å². The highest BCUT2D eigenvalue weighted by Crippen LogP contribution is 2.44. The van der Waals surface area contributed by atoms with Gasteiger partial charge in [0.15, 0.2) is 0 Å². The molecule has 0 unspecified atom stereocenters. The Bertz CT molecular complexity index is 1190. The van der Waals surface area contributed by atoms with Gasteiger partial charge in [-0.1, -0.05) is 60.7 Å². The fourth-order valence-corrected chi connectivity index (χ4v) is 3.79. The number of carbonyl (C=O) groups is 1. The molecular formula is C24H19F3N2O3. The van der Waals surface area contributed by atoms with E-state index in [0.29, 0.717) is 0 Å². The minimum atomic E-state index is -4.74. The highest BCUT2D eigenvalue weighted by molar-refractivity contribution is 5.79. The van der Waals surface area contributed by atoms with Gasteiger partial charge in [0.05, 0.1) is 0 Å². The molecule has 2 aromatic carbocycles. The van der Waals surface area contributed by atoms with Crippen molar-refractivity contribution in [2.24, 2.45) is 0 Å². The summed E-state index contributed by atoms with van der Waals surface area (Å²) in [4.78, 5) is 25.5. The Hall–Kier alpha value is -3.81. The topological polar surface area (TPSA) is 71.2 Å². The van der Waals surface area contributed by atoms with Gasteiger partial charge >= 0.3 is 12.3 Å². The second kappa shape index (κ2) is 8.74. The van der Waals surface area contributed by atoms with E-state index in [1.807, 2.05) is 48.5 Å². The number of alkyl carbamates (subject to hydrolysis) is 1. The summed E-state index contributed by atoms with van der Waals surface area (Å²) < 4.78 is 43.8. The van der Waals surface area contributed by atoms with Crippen molar-refractivity contribution in [3.05, 3.63) is 99.5 Å². The number of pyridine rings is 1. The lowest BCUT2D eigenvalue weighted by atomic mass is 9.98. The van der Waals surface area contributed by atoms with Gasteiger partial charge in [0.1, 0.15) is 12.2 Å². The van der Waals surface area contributed by atoms with Crippen LogP contribution < -0.4 is 10.9 Å². The molecule has 0 spiro atoms. The molecule has 1 aliphatic rings. The number of alkyl halides is 3. The number of H-pyrrole nitrogens is 1. The molecule has 0 saturated carbocycles. The van der Waals surface area contributed by atoms with Crippen LogP contribution in [0.5, 0.6) is 0 Å². The lowest BCUT2D eigenvalue weighted by Gasteiger charge is -2.14. The van der Waals surface area contributed by atoms with Gasteiger partial charge < -0.3 is 15.0 Å². The van der Waals surface area contributed by atoms with E-state index in [0.717, 1.165) is 28.3 Å². The first-order valence-corrected chi connectivity index (χ1v) is 9.90. The molecule has 0 bridgehead atoms. The van der Waals surface area contributed by atoms with Gasteiger partial charge in [-0.3, -0.25) is 4.79 Å². The van der Waals surface area contributed by atoms with E-state index < -0.39 is 23.4 Å². The molecule has 0 atom stereocenters. The van der Waals surface area contributed by atoms with Crippen LogP contribution >= 0.6 is 0 Å². The van der Waals surface area contributed by atoms with Crippen LogP contribution in [0.4, 0.5) is 18.0 Å². The predicted molar refractivity (Wildman–Crippen MR) is 114 cm³/mol. The summed E-state index contributed by atoms with van der Waals surface area (Å²) in [5, 5.41) is 2.54. The first-order valence-electron chi connectivity index (χ1n) is 9.90. The number of amides is 1. The Labute approximate surface area is 181 Å². The van der Waals surface area contributed by atoms with Crippen molar-refractivity contribution >= 4 is 12.2 Å². The van der Waals surface area contributed by atoms with Gasteiger partial charge in [0, 0.05) is 18.7 Å². The number of aromatic nitrogens is 1. The second-order valence-electron chi connectivity index (χ2n) is 7.28. The lowest BCUT2D eigenvalue weighted by molar-refractivity contribution is -0.138. The smallest absolute Gasteiger partial charge is 0.421 e. The first-order chi connectivity index (χ1) is 15.3. The summed E-state index contributed by atoms with van der Waals surface area (Å²) in [6, 6.07) is 16.7. The van der Waals surface area contributed by atoms with Gasteiger partial charge in [-0.25, -0.2) is 4.79 Å². The van der Waals surface area contributed by atoms with Crippen LogP contribution in [-0.4, -0.2) is 24.2 Å². The van der Waals surface area contributed by atoms with Crippen LogP contribution in [-0.2, 0) is 10.9 Å². The third-order valence-electron chi connectivity index (χ3n) is 5.25. The summed E-state index contributed by atoms with van der Waals surface area (Å²) in [6.45, 7) is 0.218. The normalized spacial score (nSPS) is 13.1. The number of hydrogen-bond acceptors (Lipinski definition) is 3. The van der Waals surface area contributed by atoms with Gasteiger partial charge in [0.2, 0.25) is 0 Å². The van der Waals surface area contributed by atoms with E-state index in [1.165, 1.54) is 18.3 Å². The van der Waals surface area contributed by atoms with Crippen LogP contribution in [0.1, 0.15) is 28.2 Å². The number of benzene rings is 2. The molecule has 0 fully saturated rings. The Morgan fingerprint density at radius 3 is 2.31 bits per heavy atom. The SMILES string of the molecule is O=C(NCC=Cc1c[nH]c(=O)c(C(F)(F)F)c1)OCC1c2ccccc2-c2ccccc21. The molecule has 4 rings (SSSR count). The minimum absolute atomic E-state index is 0.0527. The van der Waals surface area contributed by atoms with Crippen LogP contribution in [0.2, 0.25) is 0 Å². The van der Waals surface area contributed by atoms with Crippen LogP contribution in [0.15, 0.2) is 71.7 Å². The molecule has 32 heavy (non-hydrogen) atoms. The zero-order chi connectivity index (χ0) is 22.7. The average Bonchev–Trinajstić information content (AvgIpc) is 3.09. The third-order valence-corrected chi connectivity index (χ3v) is 5.25. The summed E-state index contributed by atoms with van der Waals surface area (Å²) in [6.07, 6.45) is -1.36. The van der Waals surface area contributed by atoms with Crippen molar-refractivity contribution < 1.29 is 22.7 Å². The maximum Gasteiger partial charge on any atom is 0.421 e. The molecule has 0 aliphatic heterocycles. The molecule has 0 radical (unpaired) electrons. The first kappa shape index (κ1) is 21.4. The van der Waals surface area contributed by atoms with Gasteiger partial charge in [-0.2, -0.15) is 13.2 Å². The van der Waals surface area contributed by atoms with E-state index in [1.54, 1.807) is 0 Å². The number of ether oxygens (including phenoxy) is 1. The number of halogens is 3. The molecular weight excluding hydrogens is 421 g/mol. The Kier molecular flexibility index (Phi) is 5.85. The zero-order valence-corrected chi connectivity index (χ0v) is 16.8. The quantitative estimate of drug-likeness (QED) is 0.590. The van der Waals surface area contributed by atoms with E-state index in [2.05, 4.69) is 10.3 Å². The number of hydrogen-bond donors (Lipinski definition) is 2.